The molecule has 0 spiro atoms. The maximum Gasteiger partial charge on any atom is 0.223 e. The number of hydrogen-bond acceptors (Lipinski definition) is 3. The van der Waals surface area contributed by atoms with Crippen molar-refractivity contribution < 1.29 is 18.3 Å². The summed E-state index contributed by atoms with van der Waals surface area (Å²) < 4.78 is 30.9. The minimum Gasteiger partial charge on any atom is -0.380 e. The van der Waals surface area contributed by atoms with E-state index in [1.807, 2.05) is 0 Å². The normalized spacial score (nSPS) is 13.9. The smallest absolute Gasteiger partial charge is 0.223 e. The van der Waals surface area contributed by atoms with Crippen LogP contribution in [0.5, 0.6) is 0 Å². The van der Waals surface area contributed by atoms with E-state index in [9.17, 15) is 13.6 Å². The first kappa shape index (κ1) is 15.5. The van der Waals surface area contributed by atoms with Gasteiger partial charge in [-0.3, -0.25) is 4.79 Å². The topological polar surface area (TPSA) is 64.3 Å². The Kier molecular flexibility index (Phi) is 5.85. The van der Waals surface area contributed by atoms with Gasteiger partial charge in [0.05, 0.1) is 18.6 Å². The van der Waals surface area contributed by atoms with Gasteiger partial charge in [-0.2, -0.15) is 0 Å². The van der Waals surface area contributed by atoms with Crippen LogP contribution in [0.1, 0.15) is 24.9 Å². The van der Waals surface area contributed by atoms with Gasteiger partial charge in [-0.05, 0) is 24.6 Å². The predicted molar refractivity (Wildman–Crippen MR) is 67.4 cm³/mol. The Hall–Kier alpha value is -1.53. The Morgan fingerprint density at radius 2 is 2.11 bits per heavy atom. The van der Waals surface area contributed by atoms with Crippen molar-refractivity contribution in [2.45, 2.75) is 25.5 Å². The molecule has 4 nitrogen and oxygen atoms in total. The summed E-state index contributed by atoms with van der Waals surface area (Å²) in [6.45, 7) is 1.93. The molecule has 106 valence electrons. The van der Waals surface area contributed by atoms with Gasteiger partial charge >= 0.3 is 0 Å². The van der Waals surface area contributed by atoms with E-state index in [0.717, 1.165) is 12.1 Å². The molecule has 0 aliphatic carbocycles. The van der Waals surface area contributed by atoms with Gasteiger partial charge in [-0.15, -0.1) is 0 Å². The number of ether oxygens (including phenoxy) is 1. The third-order valence-electron chi connectivity index (χ3n) is 2.83. The zero-order valence-electron chi connectivity index (χ0n) is 11.0. The number of carbonyl (C=O) groups is 1. The highest BCUT2D eigenvalue weighted by atomic mass is 19.2. The van der Waals surface area contributed by atoms with E-state index in [4.69, 9.17) is 10.5 Å². The second kappa shape index (κ2) is 7.16. The lowest BCUT2D eigenvalue weighted by Crippen LogP contribution is -2.33. The second-order valence-electron chi connectivity index (χ2n) is 4.26. The molecule has 6 heteroatoms. The highest BCUT2D eigenvalue weighted by molar-refractivity contribution is 5.76. The maximum atomic E-state index is 13.1. The van der Waals surface area contributed by atoms with Gasteiger partial charge in [0.2, 0.25) is 5.91 Å². The van der Waals surface area contributed by atoms with Crippen molar-refractivity contribution in [2.24, 2.45) is 5.73 Å². The van der Waals surface area contributed by atoms with Crippen LogP contribution >= 0.6 is 0 Å². The average molecular weight is 272 g/mol. The molecule has 0 aliphatic heterocycles. The van der Waals surface area contributed by atoms with Gasteiger partial charge in [-0.25, -0.2) is 8.78 Å². The third kappa shape index (κ3) is 4.57. The lowest BCUT2D eigenvalue weighted by Gasteiger charge is -2.17. The summed E-state index contributed by atoms with van der Waals surface area (Å²) in [6.07, 6.45) is -0.224. The van der Waals surface area contributed by atoms with E-state index >= 15 is 0 Å². The van der Waals surface area contributed by atoms with Crippen LogP contribution in [-0.4, -0.2) is 25.7 Å². The summed E-state index contributed by atoms with van der Waals surface area (Å²) in [5, 5.41) is 2.68. The highest BCUT2D eigenvalue weighted by Crippen LogP contribution is 2.16. The van der Waals surface area contributed by atoms with Crippen LogP contribution in [0.4, 0.5) is 8.78 Å². The largest absolute Gasteiger partial charge is 0.380 e. The molecule has 0 aromatic heterocycles. The van der Waals surface area contributed by atoms with Crippen molar-refractivity contribution in [1.82, 2.24) is 5.32 Å². The fraction of sp³-hybridized carbons (Fsp3) is 0.462. The molecule has 0 aliphatic rings. The van der Waals surface area contributed by atoms with Crippen LogP contribution in [-0.2, 0) is 9.53 Å². The molecule has 0 radical (unpaired) electrons. The van der Waals surface area contributed by atoms with Gasteiger partial charge in [0, 0.05) is 13.7 Å². The quantitative estimate of drug-likeness (QED) is 0.825. The van der Waals surface area contributed by atoms with E-state index in [1.165, 1.54) is 13.2 Å². The van der Waals surface area contributed by atoms with E-state index in [-0.39, 0.29) is 25.0 Å². The summed E-state index contributed by atoms with van der Waals surface area (Å²) in [7, 11) is 1.48. The number of nitrogens with two attached hydrogens (primary N) is 1. The van der Waals surface area contributed by atoms with Gasteiger partial charge < -0.3 is 15.8 Å². The van der Waals surface area contributed by atoms with Crippen molar-refractivity contribution in [3.63, 3.8) is 0 Å². The molecule has 0 saturated heterocycles. The van der Waals surface area contributed by atoms with E-state index in [1.54, 1.807) is 6.92 Å². The van der Waals surface area contributed by atoms with Crippen LogP contribution < -0.4 is 11.1 Å². The highest BCUT2D eigenvalue weighted by Gasteiger charge is 2.15. The monoisotopic (exact) mass is 272 g/mol. The summed E-state index contributed by atoms with van der Waals surface area (Å²) >= 11 is 0. The summed E-state index contributed by atoms with van der Waals surface area (Å²) in [6, 6.07) is 3.11. The van der Waals surface area contributed by atoms with Gasteiger partial charge in [-0.1, -0.05) is 6.07 Å². The Bertz CT molecular complexity index is 437. The first-order chi connectivity index (χ1) is 8.97. The molecular formula is C13H18F2N2O2. The molecule has 0 saturated carbocycles. The molecule has 2 unspecified atom stereocenters. The van der Waals surface area contributed by atoms with Crippen molar-refractivity contribution in [3.05, 3.63) is 35.4 Å². The summed E-state index contributed by atoms with van der Waals surface area (Å²) in [5.41, 5.74) is 5.91. The van der Waals surface area contributed by atoms with Crippen molar-refractivity contribution in [3.8, 4) is 0 Å². The minimum absolute atomic E-state index is 0.126. The third-order valence-corrected chi connectivity index (χ3v) is 2.83. The number of rotatable bonds is 6. The van der Waals surface area contributed by atoms with Crippen molar-refractivity contribution >= 4 is 5.91 Å². The number of halogens is 2. The van der Waals surface area contributed by atoms with E-state index in [0.29, 0.717) is 5.56 Å². The molecule has 0 fully saturated rings. The van der Waals surface area contributed by atoms with Crippen LogP contribution in [0, 0.1) is 11.6 Å². The van der Waals surface area contributed by atoms with Crippen molar-refractivity contribution in [2.75, 3.05) is 13.7 Å². The molecule has 19 heavy (non-hydrogen) atoms. The Balaban J connectivity index is 2.61. The van der Waals surface area contributed by atoms with Crippen LogP contribution in [0.15, 0.2) is 18.2 Å². The predicted octanol–water partition coefficient (Wildman–Crippen LogP) is 1.51. The molecule has 1 amide bonds. The first-order valence-corrected chi connectivity index (χ1v) is 5.95. The lowest BCUT2D eigenvalue weighted by molar-refractivity contribution is -0.124. The molecule has 0 bridgehead atoms. The number of carbonyl (C=O) groups excluding carboxylic acids is 1. The van der Waals surface area contributed by atoms with Crippen LogP contribution in [0.3, 0.4) is 0 Å². The second-order valence-corrected chi connectivity index (χ2v) is 4.26. The Morgan fingerprint density at radius 1 is 1.42 bits per heavy atom. The number of nitrogens with one attached hydrogen (secondary N) is 1. The van der Waals surface area contributed by atoms with Gasteiger partial charge in [0.15, 0.2) is 11.6 Å². The number of amides is 1. The average Bonchev–Trinajstić information content (AvgIpc) is 2.38. The number of hydrogen-bond donors (Lipinski definition) is 2. The van der Waals surface area contributed by atoms with E-state index < -0.39 is 17.7 Å². The van der Waals surface area contributed by atoms with Crippen LogP contribution in [0.2, 0.25) is 0 Å². The molecule has 1 rings (SSSR count). The molecule has 2 atom stereocenters. The van der Waals surface area contributed by atoms with Gasteiger partial charge in [0.1, 0.15) is 0 Å². The molecule has 3 N–H and O–H groups in total. The maximum absolute atomic E-state index is 13.1. The fourth-order valence-electron chi connectivity index (χ4n) is 1.64. The standard InChI is InChI=1S/C13H18F2N2O2/c1-8(9-3-4-11(14)12(15)5-9)17-13(18)6-10(7-16)19-2/h3-5,8,10H,6-7,16H2,1-2H3,(H,17,18). The number of methoxy groups -OCH3 is 1. The lowest BCUT2D eigenvalue weighted by atomic mass is 10.1. The zero-order chi connectivity index (χ0) is 14.4. The molecule has 0 heterocycles. The van der Waals surface area contributed by atoms with Crippen LogP contribution in [0.25, 0.3) is 0 Å². The molecular weight excluding hydrogens is 254 g/mol. The Morgan fingerprint density at radius 3 is 2.63 bits per heavy atom. The van der Waals surface area contributed by atoms with Crippen molar-refractivity contribution in [1.29, 1.82) is 0 Å². The first-order valence-electron chi connectivity index (χ1n) is 5.95. The zero-order valence-corrected chi connectivity index (χ0v) is 11.0. The summed E-state index contributed by atoms with van der Waals surface area (Å²) in [5.74, 6) is -2.10. The molecule has 1 aromatic rings. The summed E-state index contributed by atoms with van der Waals surface area (Å²) in [4.78, 5) is 11.7. The molecule has 1 aromatic carbocycles. The van der Waals surface area contributed by atoms with Gasteiger partial charge in [0.25, 0.3) is 0 Å². The number of benzene rings is 1. The fourth-order valence-corrected chi connectivity index (χ4v) is 1.64. The minimum atomic E-state index is -0.935. The Labute approximate surface area is 110 Å². The SMILES string of the molecule is COC(CN)CC(=O)NC(C)c1ccc(F)c(F)c1. The van der Waals surface area contributed by atoms with E-state index in [2.05, 4.69) is 5.32 Å².